The SMILES string of the molecule is CCCCC(N)C(=O)N1CCOc2c(C(=O)O)cccc21. The highest BCUT2D eigenvalue weighted by Gasteiger charge is 2.29. The highest BCUT2D eigenvalue weighted by atomic mass is 16.5. The topological polar surface area (TPSA) is 92.9 Å². The minimum Gasteiger partial charge on any atom is -0.489 e. The number of anilines is 1. The fourth-order valence-electron chi connectivity index (χ4n) is 2.39. The number of nitrogens with zero attached hydrogens (tertiary/aromatic N) is 1. The Hall–Kier alpha value is -2.08. The smallest absolute Gasteiger partial charge is 0.339 e. The normalized spacial score (nSPS) is 15.0. The Kier molecular flexibility index (Phi) is 4.80. The van der Waals surface area contributed by atoms with Gasteiger partial charge in [0.05, 0.1) is 18.3 Å². The van der Waals surface area contributed by atoms with Crippen molar-refractivity contribution in [1.82, 2.24) is 0 Å². The first-order valence-corrected chi connectivity index (χ1v) is 7.12. The van der Waals surface area contributed by atoms with E-state index in [9.17, 15) is 14.7 Å². The number of fused-ring (bicyclic) bond motifs is 1. The van der Waals surface area contributed by atoms with E-state index in [-0.39, 0.29) is 23.8 Å². The molecule has 0 fully saturated rings. The molecule has 6 nitrogen and oxygen atoms in total. The molecule has 1 amide bonds. The molecule has 0 saturated carbocycles. The van der Waals surface area contributed by atoms with Crippen molar-refractivity contribution in [2.45, 2.75) is 32.2 Å². The lowest BCUT2D eigenvalue weighted by Gasteiger charge is -2.32. The van der Waals surface area contributed by atoms with Crippen molar-refractivity contribution in [2.75, 3.05) is 18.1 Å². The standard InChI is InChI=1S/C15H20N2O4/c1-2-3-6-11(16)14(18)17-8-9-21-13-10(15(19)20)5-4-7-12(13)17/h4-5,7,11H,2-3,6,8-9,16H2,1H3,(H,19,20). The summed E-state index contributed by atoms with van der Waals surface area (Å²) in [5.74, 6) is -1.01. The second kappa shape index (κ2) is 6.58. The number of hydrogen-bond donors (Lipinski definition) is 2. The van der Waals surface area contributed by atoms with Crippen molar-refractivity contribution in [3.63, 3.8) is 0 Å². The summed E-state index contributed by atoms with van der Waals surface area (Å²) in [7, 11) is 0. The number of hydrogen-bond acceptors (Lipinski definition) is 4. The zero-order chi connectivity index (χ0) is 15.4. The largest absolute Gasteiger partial charge is 0.489 e. The van der Waals surface area contributed by atoms with Crippen LogP contribution in [0.3, 0.4) is 0 Å². The van der Waals surface area contributed by atoms with Gasteiger partial charge in [-0.15, -0.1) is 0 Å². The summed E-state index contributed by atoms with van der Waals surface area (Å²) in [6, 6.07) is 4.19. The number of aromatic carboxylic acids is 1. The summed E-state index contributed by atoms with van der Waals surface area (Å²) in [5.41, 5.74) is 6.49. The lowest BCUT2D eigenvalue weighted by atomic mass is 10.1. The van der Waals surface area contributed by atoms with Gasteiger partial charge in [0.25, 0.3) is 0 Å². The average Bonchev–Trinajstić information content (AvgIpc) is 2.50. The van der Waals surface area contributed by atoms with Gasteiger partial charge in [0, 0.05) is 0 Å². The van der Waals surface area contributed by atoms with Gasteiger partial charge in [0.15, 0.2) is 5.75 Å². The molecule has 6 heteroatoms. The molecule has 114 valence electrons. The van der Waals surface area contributed by atoms with E-state index in [1.165, 1.54) is 11.0 Å². The average molecular weight is 292 g/mol. The Labute approximate surface area is 123 Å². The van der Waals surface area contributed by atoms with Crippen LogP contribution in [0, 0.1) is 0 Å². The number of carbonyl (C=O) groups excluding carboxylic acids is 1. The van der Waals surface area contributed by atoms with Gasteiger partial charge in [0.1, 0.15) is 12.2 Å². The van der Waals surface area contributed by atoms with Crippen LogP contribution in [-0.2, 0) is 4.79 Å². The molecule has 0 spiro atoms. The number of amides is 1. The number of ether oxygens (including phenoxy) is 1. The minimum absolute atomic E-state index is 0.0622. The third-order valence-corrected chi connectivity index (χ3v) is 3.53. The van der Waals surface area contributed by atoms with Gasteiger partial charge >= 0.3 is 5.97 Å². The predicted molar refractivity (Wildman–Crippen MR) is 78.7 cm³/mol. The molecule has 3 N–H and O–H groups in total. The Morgan fingerprint density at radius 2 is 2.24 bits per heavy atom. The first-order chi connectivity index (χ1) is 10.1. The lowest BCUT2D eigenvalue weighted by molar-refractivity contribution is -0.120. The molecule has 21 heavy (non-hydrogen) atoms. The molecule has 1 aliphatic rings. The monoisotopic (exact) mass is 292 g/mol. The van der Waals surface area contributed by atoms with Crippen molar-refractivity contribution in [3.05, 3.63) is 23.8 Å². The van der Waals surface area contributed by atoms with E-state index in [2.05, 4.69) is 0 Å². The molecule has 2 rings (SSSR count). The molecule has 1 unspecified atom stereocenters. The fraction of sp³-hybridized carbons (Fsp3) is 0.467. The number of rotatable bonds is 5. The number of carboxylic acids is 1. The number of para-hydroxylation sites is 1. The lowest BCUT2D eigenvalue weighted by Crippen LogP contribution is -2.47. The summed E-state index contributed by atoms with van der Waals surface area (Å²) in [4.78, 5) is 25.2. The highest BCUT2D eigenvalue weighted by Crippen LogP contribution is 2.35. The first kappa shape index (κ1) is 15.3. The summed E-state index contributed by atoms with van der Waals surface area (Å²) in [6.45, 7) is 2.69. The molecule has 0 saturated heterocycles. The highest BCUT2D eigenvalue weighted by molar-refractivity contribution is 6.01. The van der Waals surface area contributed by atoms with Crippen LogP contribution in [0.1, 0.15) is 36.5 Å². The van der Waals surface area contributed by atoms with Crippen LogP contribution in [-0.4, -0.2) is 36.2 Å². The van der Waals surface area contributed by atoms with Crippen LogP contribution in [0.25, 0.3) is 0 Å². The Morgan fingerprint density at radius 3 is 2.90 bits per heavy atom. The molecular weight excluding hydrogens is 272 g/mol. The van der Waals surface area contributed by atoms with E-state index in [0.717, 1.165) is 12.8 Å². The third-order valence-electron chi connectivity index (χ3n) is 3.53. The van der Waals surface area contributed by atoms with Crippen LogP contribution >= 0.6 is 0 Å². The van der Waals surface area contributed by atoms with E-state index in [1.807, 2.05) is 6.92 Å². The van der Waals surface area contributed by atoms with Gasteiger partial charge in [-0.2, -0.15) is 0 Å². The fourth-order valence-corrected chi connectivity index (χ4v) is 2.39. The number of benzene rings is 1. The van der Waals surface area contributed by atoms with Crippen molar-refractivity contribution >= 4 is 17.6 Å². The maximum absolute atomic E-state index is 12.4. The van der Waals surface area contributed by atoms with Gasteiger partial charge < -0.3 is 20.5 Å². The Bertz CT molecular complexity index is 544. The van der Waals surface area contributed by atoms with Crippen molar-refractivity contribution in [3.8, 4) is 5.75 Å². The molecule has 0 aromatic heterocycles. The second-order valence-corrected chi connectivity index (χ2v) is 5.05. The van der Waals surface area contributed by atoms with Crippen LogP contribution < -0.4 is 15.4 Å². The van der Waals surface area contributed by atoms with E-state index < -0.39 is 12.0 Å². The Balaban J connectivity index is 2.28. The third kappa shape index (κ3) is 3.16. The summed E-state index contributed by atoms with van der Waals surface area (Å²) in [6.07, 6.45) is 2.49. The van der Waals surface area contributed by atoms with E-state index in [1.54, 1.807) is 12.1 Å². The van der Waals surface area contributed by atoms with E-state index in [4.69, 9.17) is 10.5 Å². The maximum Gasteiger partial charge on any atom is 0.339 e. The minimum atomic E-state index is -1.07. The predicted octanol–water partition coefficient (Wildman–Crippen LogP) is 1.63. The summed E-state index contributed by atoms with van der Waals surface area (Å²) >= 11 is 0. The molecule has 1 heterocycles. The molecule has 1 aliphatic heterocycles. The van der Waals surface area contributed by atoms with Crippen molar-refractivity contribution in [2.24, 2.45) is 5.73 Å². The number of carboxylic acid groups (broad SMARTS) is 1. The zero-order valence-corrected chi connectivity index (χ0v) is 12.0. The first-order valence-electron chi connectivity index (χ1n) is 7.12. The van der Waals surface area contributed by atoms with Gasteiger partial charge in [0.2, 0.25) is 5.91 Å². The molecule has 0 radical (unpaired) electrons. The van der Waals surface area contributed by atoms with Gasteiger partial charge in [-0.05, 0) is 18.6 Å². The maximum atomic E-state index is 12.4. The van der Waals surface area contributed by atoms with Crippen LogP contribution in [0.4, 0.5) is 5.69 Å². The number of nitrogens with two attached hydrogens (primary N) is 1. The van der Waals surface area contributed by atoms with Crippen molar-refractivity contribution < 1.29 is 19.4 Å². The number of unbranched alkanes of at least 4 members (excludes halogenated alkanes) is 1. The van der Waals surface area contributed by atoms with Crippen molar-refractivity contribution in [1.29, 1.82) is 0 Å². The summed E-state index contributed by atoms with van der Waals surface area (Å²) in [5, 5.41) is 9.18. The quantitative estimate of drug-likeness (QED) is 0.860. The Morgan fingerprint density at radius 1 is 1.48 bits per heavy atom. The second-order valence-electron chi connectivity index (χ2n) is 5.05. The van der Waals surface area contributed by atoms with E-state index in [0.29, 0.717) is 18.7 Å². The molecule has 0 aliphatic carbocycles. The summed E-state index contributed by atoms with van der Waals surface area (Å²) < 4.78 is 5.44. The van der Waals surface area contributed by atoms with Crippen LogP contribution in [0.2, 0.25) is 0 Å². The zero-order valence-electron chi connectivity index (χ0n) is 12.0. The van der Waals surface area contributed by atoms with Crippen LogP contribution in [0.15, 0.2) is 18.2 Å². The molecule has 1 atom stereocenters. The van der Waals surface area contributed by atoms with Gasteiger partial charge in [-0.25, -0.2) is 4.79 Å². The molecule has 0 bridgehead atoms. The molecule has 1 aromatic carbocycles. The molecule has 1 aromatic rings. The molecular formula is C15H20N2O4. The number of carbonyl (C=O) groups is 2. The van der Waals surface area contributed by atoms with Gasteiger partial charge in [-0.3, -0.25) is 4.79 Å². The van der Waals surface area contributed by atoms with Crippen LogP contribution in [0.5, 0.6) is 5.75 Å². The van der Waals surface area contributed by atoms with Gasteiger partial charge in [-0.1, -0.05) is 25.8 Å². The van der Waals surface area contributed by atoms with E-state index >= 15 is 0 Å².